The van der Waals surface area contributed by atoms with Crippen LogP contribution in [0.2, 0.25) is 0 Å². The average Bonchev–Trinajstić information content (AvgIpc) is 3.22. The zero-order chi connectivity index (χ0) is 13.7. The van der Waals surface area contributed by atoms with Crippen LogP contribution in [0.5, 0.6) is 0 Å². The fourth-order valence-corrected chi connectivity index (χ4v) is 1.77. The molecule has 0 saturated heterocycles. The normalized spacial score (nSPS) is 14.4. The number of pyridine rings is 1. The summed E-state index contributed by atoms with van der Waals surface area (Å²) in [6, 6.07) is 3.17. The third kappa shape index (κ3) is 4.52. The molecule has 1 fully saturated rings. The van der Waals surface area contributed by atoms with E-state index < -0.39 is 5.97 Å². The monoisotopic (exact) mass is 264 g/mol. The number of hydrogen-bond donors (Lipinski definition) is 2. The van der Waals surface area contributed by atoms with Gasteiger partial charge in [0, 0.05) is 18.8 Å². The van der Waals surface area contributed by atoms with Gasteiger partial charge in [-0.1, -0.05) is 6.92 Å². The van der Waals surface area contributed by atoms with Gasteiger partial charge in [0.2, 0.25) is 0 Å². The van der Waals surface area contributed by atoms with Gasteiger partial charge in [-0.3, -0.25) is 0 Å². The number of aromatic nitrogens is 1. The summed E-state index contributed by atoms with van der Waals surface area (Å²) in [5, 5.41) is 12.1. The number of nitrogens with zero attached hydrogens (tertiary/aromatic N) is 1. The minimum atomic E-state index is -0.926. The highest BCUT2D eigenvalue weighted by molar-refractivity contribution is 5.88. The summed E-state index contributed by atoms with van der Waals surface area (Å²) >= 11 is 0. The Kier molecular flexibility index (Phi) is 4.74. The Morgan fingerprint density at radius 1 is 1.53 bits per heavy atom. The summed E-state index contributed by atoms with van der Waals surface area (Å²) in [5.74, 6) is 0.442. The third-order valence-corrected chi connectivity index (χ3v) is 3.09. The molecule has 0 aliphatic heterocycles. The van der Waals surface area contributed by atoms with Gasteiger partial charge >= 0.3 is 5.97 Å². The van der Waals surface area contributed by atoms with Gasteiger partial charge in [0.05, 0.1) is 12.2 Å². The molecule has 2 N–H and O–H groups in total. The highest BCUT2D eigenvalue weighted by Crippen LogP contribution is 2.28. The van der Waals surface area contributed by atoms with Crippen LogP contribution in [0.3, 0.4) is 0 Å². The summed E-state index contributed by atoms with van der Waals surface area (Å²) in [6.07, 6.45) is 3.29. The van der Waals surface area contributed by atoms with E-state index in [0.29, 0.717) is 25.4 Å². The van der Waals surface area contributed by atoms with Gasteiger partial charge in [-0.25, -0.2) is 9.78 Å². The smallest absolute Gasteiger partial charge is 0.335 e. The highest BCUT2D eigenvalue weighted by atomic mass is 16.5. The summed E-state index contributed by atoms with van der Waals surface area (Å²) < 4.78 is 5.51. The number of aryl methyl sites for hydroxylation is 1. The summed E-state index contributed by atoms with van der Waals surface area (Å²) in [7, 11) is 0. The van der Waals surface area contributed by atoms with Crippen molar-refractivity contribution in [2.75, 3.05) is 25.1 Å². The first-order valence-corrected chi connectivity index (χ1v) is 6.75. The second kappa shape index (κ2) is 6.52. The number of anilines is 1. The summed E-state index contributed by atoms with van der Waals surface area (Å²) in [5.41, 5.74) is 1.05. The van der Waals surface area contributed by atoms with Crippen LogP contribution >= 0.6 is 0 Å². The molecular weight excluding hydrogens is 244 g/mol. The number of hydrogen-bond acceptors (Lipinski definition) is 4. The third-order valence-electron chi connectivity index (χ3n) is 3.09. The van der Waals surface area contributed by atoms with Crippen molar-refractivity contribution in [2.24, 2.45) is 5.92 Å². The number of aromatic carboxylic acids is 1. The maximum Gasteiger partial charge on any atom is 0.335 e. The Bertz CT molecular complexity index is 444. The average molecular weight is 264 g/mol. The van der Waals surface area contributed by atoms with E-state index in [9.17, 15) is 4.79 Å². The van der Waals surface area contributed by atoms with Crippen molar-refractivity contribution in [1.82, 2.24) is 4.98 Å². The molecule has 0 amide bonds. The van der Waals surface area contributed by atoms with Crippen LogP contribution < -0.4 is 5.32 Å². The van der Waals surface area contributed by atoms with Crippen LogP contribution in [-0.2, 0) is 11.2 Å². The van der Waals surface area contributed by atoms with Crippen LogP contribution in [0.25, 0.3) is 0 Å². The van der Waals surface area contributed by atoms with Crippen molar-refractivity contribution in [3.8, 4) is 0 Å². The van der Waals surface area contributed by atoms with Crippen molar-refractivity contribution in [2.45, 2.75) is 26.2 Å². The van der Waals surface area contributed by atoms with E-state index >= 15 is 0 Å². The van der Waals surface area contributed by atoms with Gasteiger partial charge in [0.15, 0.2) is 0 Å². The maximum absolute atomic E-state index is 11.0. The lowest BCUT2D eigenvalue weighted by molar-refractivity contribution is 0.0696. The number of carboxylic acid groups (broad SMARTS) is 1. The zero-order valence-electron chi connectivity index (χ0n) is 11.2. The van der Waals surface area contributed by atoms with Gasteiger partial charge < -0.3 is 15.2 Å². The number of carbonyl (C=O) groups is 1. The predicted molar refractivity (Wildman–Crippen MR) is 72.6 cm³/mol. The number of ether oxygens (including phenoxy) is 1. The minimum absolute atomic E-state index is 0.272. The number of rotatable bonds is 8. The van der Waals surface area contributed by atoms with Crippen LogP contribution in [0.15, 0.2) is 12.1 Å². The lowest BCUT2D eigenvalue weighted by Crippen LogP contribution is -2.13. The van der Waals surface area contributed by atoms with E-state index in [0.717, 1.165) is 18.2 Å². The quantitative estimate of drug-likeness (QED) is 0.704. The Morgan fingerprint density at radius 2 is 2.32 bits per heavy atom. The van der Waals surface area contributed by atoms with E-state index in [2.05, 4.69) is 10.3 Å². The van der Waals surface area contributed by atoms with Crippen LogP contribution in [0, 0.1) is 5.92 Å². The first-order valence-electron chi connectivity index (χ1n) is 6.75. The Labute approximate surface area is 113 Å². The second-order valence-electron chi connectivity index (χ2n) is 4.84. The molecule has 0 bridgehead atoms. The number of nitrogens with one attached hydrogen (secondary N) is 1. The van der Waals surface area contributed by atoms with E-state index in [-0.39, 0.29) is 5.56 Å². The molecule has 1 heterocycles. The second-order valence-corrected chi connectivity index (χ2v) is 4.84. The molecule has 1 aliphatic rings. The largest absolute Gasteiger partial charge is 0.478 e. The first kappa shape index (κ1) is 13.8. The zero-order valence-corrected chi connectivity index (χ0v) is 11.2. The van der Waals surface area contributed by atoms with Crippen molar-refractivity contribution in [1.29, 1.82) is 0 Å². The van der Waals surface area contributed by atoms with Crippen LogP contribution in [-0.4, -0.2) is 35.8 Å². The number of carboxylic acids is 1. The highest BCUT2D eigenvalue weighted by Gasteiger charge is 2.20. The summed E-state index contributed by atoms with van der Waals surface area (Å²) in [4.78, 5) is 15.3. The molecular formula is C14H20N2O3. The van der Waals surface area contributed by atoms with E-state index in [1.54, 1.807) is 12.1 Å². The molecule has 0 radical (unpaired) electrons. The Morgan fingerprint density at radius 3 is 2.95 bits per heavy atom. The molecule has 1 aromatic rings. The van der Waals surface area contributed by atoms with E-state index in [1.807, 2.05) is 6.92 Å². The standard InChI is InChI=1S/C14H20N2O3/c1-2-12-7-11(14(17)18)8-13(16-12)15-5-6-19-9-10-3-4-10/h7-8,10H,2-6,9H2,1H3,(H,15,16)(H,17,18). The van der Waals surface area contributed by atoms with Gasteiger partial charge in [-0.15, -0.1) is 0 Å². The molecule has 0 unspecified atom stereocenters. The van der Waals surface area contributed by atoms with Crippen molar-refractivity contribution >= 4 is 11.8 Å². The summed E-state index contributed by atoms with van der Waals surface area (Å²) in [6.45, 7) is 4.06. The molecule has 5 heteroatoms. The Hall–Kier alpha value is -1.62. The van der Waals surface area contributed by atoms with Crippen molar-refractivity contribution in [3.63, 3.8) is 0 Å². The van der Waals surface area contributed by atoms with Crippen molar-refractivity contribution in [3.05, 3.63) is 23.4 Å². The molecule has 2 rings (SSSR count). The SMILES string of the molecule is CCc1cc(C(=O)O)cc(NCCOCC2CC2)n1. The lowest BCUT2D eigenvalue weighted by atomic mass is 10.2. The van der Waals surface area contributed by atoms with Crippen molar-refractivity contribution < 1.29 is 14.6 Å². The van der Waals surface area contributed by atoms with E-state index in [1.165, 1.54) is 12.8 Å². The van der Waals surface area contributed by atoms with E-state index in [4.69, 9.17) is 9.84 Å². The topological polar surface area (TPSA) is 71.5 Å². The lowest BCUT2D eigenvalue weighted by Gasteiger charge is -2.09. The first-order chi connectivity index (χ1) is 9.19. The molecule has 0 aromatic carbocycles. The van der Waals surface area contributed by atoms with Crippen LogP contribution in [0.4, 0.5) is 5.82 Å². The molecule has 104 valence electrons. The van der Waals surface area contributed by atoms with Crippen LogP contribution in [0.1, 0.15) is 35.8 Å². The minimum Gasteiger partial charge on any atom is -0.478 e. The molecule has 19 heavy (non-hydrogen) atoms. The molecule has 0 atom stereocenters. The molecule has 5 nitrogen and oxygen atoms in total. The molecule has 1 aliphatic carbocycles. The van der Waals surface area contributed by atoms with Gasteiger partial charge in [0.1, 0.15) is 5.82 Å². The fraction of sp³-hybridized carbons (Fsp3) is 0.571. The van der Waals surface area contributed by atoms with Gasteiger partial charge in [-0.2, -0.15) is 0 Å². The fourth-order valence-electron chi connectivity index (χ4n) is 1.77. The molecule has 1 saturated carbocycles. The molecule has 0 spiro atoms. The Balaban J connectivity index is 1.83. The van der Waals surface area contributed by atoms with Gasteiger partial charge in [0.25, 0.3) is 0 Å². The van der Waals surface area contributed by atoms with Gasteiger partial charge in [-0.05, 0) is 37.3 Å². The predicted octanol–water partition coefficient (Wildman–Crippen LogP) is 2.18. The molecule has 1 aromatic heterocycles. The maximum atomic E-state index is 11.0.